The van der Waals surface area contributed by atoms with Crippen molar-refractivity contribution in [3.63, 3.8) is 0 Å². The Balaban J connectivity index is 2.51. The van der Waals surface area contributed by atoms with Gasteiger partial charge in [-0.3, -0.25) is 0 Å². The maximum Gasteiger partial charge on any atom is 0.339 e. The Morgan fingerprint density at radius 3 is 2.70 bits per heavy atom. The SMILES string of the molecule is N#Cc1c(Cl)cccc1Oc1cc(Br)ccc1C(=O)O. The first-order chi connectivity index (χ1) is 9.52. The highest BCUT2D eigenvalue weighted by Crippen LogP contribution is 2.33. The lowest BCUT2D eigenvalue weighted by atomic mass is 10.2. The molecule has 0 aliphatic carbocycles. The molecular formula is C14H7BrClNO3. The number of ether oxygens (including phenoxy) is 1. The van der Waals surface area contributed by atoms with E-state index in [0.717, 1.165) is 0 Å². The van der Waals surface area contributed by atoms with Crippen LogP contribution in [0.1, 0.15) is 15.9 Å². The van der Waals surface area contributed by atoms with E-state index in [1.807, 2.05) is 6.07 Å². The number of benzene rings is 2. The molecule has 0 atom stereocenters. The molecule has 2 rings (SSSR count). The molecule has 2 aromatic carbocycles. The molecular weight excluding hydrogens is 346 g/mol. The molecule has 2 aromatic rings. The van der Waals surface area contributed by atoms with Crippen LogP contribution < -0.4 is 4.74 Å². The first-order valence-corrected chi connectivity index (χ1v) is 6.59. The van der Waals surface area contributed by atoms with Gasteiger partial charge in [-0.15, -0.1) is 0 Å². The van der Waals surface area contributed by atoms with E-state index in [1.54, 1.807) is 24.3 Å². The van der Waals surface area contributed by atoms with Gasteiger partial charge >= 0.3 is 5.97 Å². The Morgan fingerprint density at radius 1 is 1.30 bits per heavy atom. The van der Waals surface area contributed by atoms with Crippen molar-refractivity contribution in [2.75, 3.05) is 0 Å². The molecule has 0 aromatic heterocycles. The molecule has 0 spiro atoms. The lowest BCUT2D eigenvalue weighted by molar-refractivity contribution is 0.0694. The topological polar surface area (TPSA) is 70.3 Å². The van der Waals surface area contributed by atoms with Crippen LogP contribution in [-0.2, 0) is 0 Å². The lowest BCUT2D eigenvalue weighted by Gasteiger charge is -2.11. The highest BCUT2D eigenvalue weighted by molar-refractivity contribution is 9.10. The van der Waals surface area contributed by atoms with Crippen molar-refractivity contribution < 1.29 is 14.6 Å². The molecule has 1 N–H and O–H groups in total. The minimum absolute atomic E-state index is 0.00272. The average Bonchev–Trinajstić information content (AvgIpc) is 2.38. The number of halogens is 2. The standard InChI is InChI=1S/C14H7BrClNO3/c15-8-4-5-9(14(18)19)13(6-8)20-12-3-1-2-11(16)10(12)7-17/h1-6H,(H,18,19). The summed E-state index contributed by atoms with van der Waals surface area (Å²) < 4.78 is 6.20. The average molecular weight is 353 g/mol. The van der Waals surface area contributed by atoms with Gasteiger partial charge in [0, 0.05) is 4.47 Å². The second-order valence-corrected chi connectivity index (χ2v) is 5.10. The summed E-state index contributed by atoms with van der Waals surface area (Å²) in [5, 5.41) is 18.4. The molecule has 0 saturated carbocycles. The number of carboxylic acid groups (broad SMARTS) is 1. The highest BCUT2D eigenvalue weighted by Gasteiger charge is 2.15. The summed E-state index contributed by atoms with van der Waals surface area (Å²) in [4.78, 5) is 11.2. The smallest absolute Gasteiger partial charge is 0.339 e. The van der Waals surface area contributed by atoms with Crippen molar-refractivity contribution in [1.82, 2.24) is 0 Å². The van der Waals surface area contributed by atoms with Crippen LogP contribution in [0.4, 0.5) is 0 Å². The van der Waals surface area contributed by atoms with Gasteiger partial charge in [0.05, 0.1) is 5.02 Å². The summed E-state index contributed by atoms with van der Waals surface area (Å²) in [6, 6.07) is 11.2. The summed E-state index contributed by atoms with van der Waals surface area (Å²) in [5.41, 5.74) is 0.155. The summed E-state index contributed by atoms with van der Waals surface area (Å²) >= 11 is 9.15. The predicted octanol–water partition coefficient (Wildman–Crippen LogP) is 4.46. The minimum atomic E-state index is -1.12. The first-order valence-electron chi connectivity index (χ1n) is 5.42. The summed E-state index contributed by atoms with van der Waals surface area (Å²) in [6.07, 6.45) is 0. The van der Waals surface area contributed by atoms with E-state index in [1.165, 1.54) is 12.1 Å². The third kappa shape index (κ3) is 2.93. The molecule has 100 valence electrons. The fraction of sp³-hybridized carbons (Fsp3) is 0. The van der Waals surface area contributed by atoms with Gasteiger partial charge in [-0.05, 0) is 30.3 Å². The van der Waals surface area contributed by atoms with Crippen LogP contribution in [0.5, 0.6) is 11.5 Å². The molecule has 0 fully saturated rings. The van der Waals surface area contributed by atoms with Crippen LogP contribution in [0, 0.1) is 11.3 Å². The fourth-order valence-electron chi connectivity index (χ4n) is 1.57. The van der Waals surface area contributed by atoms with Crippen molar-refractivity contribution in [3.05, 3.63) is 57.0 Å². The second kappa shape index (κ2) is 5.95. The molecule has 0 bridgehead atoms. The van der Waals surface area contributed by atoms with Crippen LogP contribution in [0.15, 0.2) is 40.9 Å². The Hall–Kier alpha value is -2.03. The molecule has 0 radical (unpaired) electrons. The van der Waals surface area contributed by atoms with E-state index >= 15 is 0 Å². The van der Waals surface area contributed by atoms with Crippen molar-refractivity contribution in [2.45, 2.75) is 0 Å². The summed E-state index contributed by atoms with van der Waals surface area (Å²) in [5.74, 6) is -0.778. The number of carbonyl (C=O) groups is 1. The van der Waals surface area contributed by atoms with Gasteiger partial charge in [-0.1, -0.05) is 33.6 Å². The number of rotatable bonds is 3. The largest absolute Gasteiger partial charge is 0.478 e. The zero-order valence-corrected chi connectivity index (χ0v) is 12.3. The molecule has 0 amide bonds. The maximum absolute atomic E-state index is 11.2. The number of aromatic carboxylic acids is 1. The van der Waals surface area contributed by atoms with E-state index in [0.29, 0.717) is 4.47 Å². The molecule has 0 aliphatic rings. The van der Waals surface area contributed by atoms with Gasteiger partial charge in [0.15, 0.2) is 0 Å². The molecule has 4 nitrogen and oxygen atoms in total. The van der Waals surface area contributed by atoms with Crippen molar-refractivity contribution in [2.24, 2.45) is 0 Å². The van der Waals surface area contributed by atoms with Gasteiger partial charge in [-0.2, -0.15) is 5.26 Å². The normalized spacial score (nSPS) is 9.85. The number of nitrogens with zero attached hydrogens (tertiary/aromatic N) is 1. The fourth-order valence-corrected chi connectivity index (χ4v) is 2.12. The number of hydrogen-bond donors (Lipinski definition) is 1. The van der Waals surface area contributed by atoms with Gasteiger partial charge < -0.3 is 9.84 Å². The molecule has 0 unspecified atom stereocenters. The third-order valence-electron chi connectivity index (χ3n) is 2.48. The number of carboxylic acids is 1. The monoisotopic (exact) mass is 351 g/mol. The van der Waals surface area contributed by atoms with Crippen LogP contribution in [0.3, 0.4) is 0 Å². The zero-order chi connectivity index (χ0) is 14.7. The Kier molecular flexibility index (Phi) is 4.28. The molecule has 0 heterocycles. The summed E-state index contributed by atoms with van der Waals surface area (Å²) in [7, 11) is 0. The van der Waals surface area contributed by atoms with Crippen LogP contribution in [0.2, 0.25) is 5.02 Å². The summed E-state index contributed by atoms with van der Waals surface area (Å²) in [6.45, 7) is 0. The van der Waals surface area contributed by atoms with Crippen LogP contribution in [-0.4, -0.2) is 11.1 Å². The minimum Gasteiger partial charge on any atom is -0.478 e. The maximum atomic E-state index is 11.2. The van der Waals surface area contributed by atoms with Crippen molar-refractivity contribution in [1.29, 1.82) is 5.26 Å². The van der Waals surface area contributed by atoms with E-state index in [-0.39, 0.29) is 27.6 Å². The van der Waals surface area contributed by atoms with Gasteiger partial charge in [0.1, 0.15) is 28.7 Å². The van der Waals surface area contributed by atoms with Gasteiger partial charge in [-0.25, -0.2) is 4.79 Å². The molecule has 6 heteroatoms. The predicted molar refractivity (Wildman–Crippen MR) is 77.3 cm³/mol. The number of nitriles is 1. The Morgan fingerprint density at radius 2 is 2.05 bits per heavy atom. The highest BCUT2D eigenvalue weighted by atomic mass is 79.9. The number of hydrogen-bond acceptors (Lipinski definition) is 3. The lowest BCUT2D eigenvalue weighted by Crippen LogP contribution is -2.00. The molecule has 0 saturated heterocycles. The van der Waals surface area contributed by atoms with Gasteiger partial charge in [0.2, 0.25) is 0 Å². The molecule has 0 aliphatic heterocycles. The first kappa shape index (κ1) is 14.4. The Labute approximate surface area is 128 Å². The molecule has 20 heavy (non-hydrogen) atoms. The van der Waals surface area contributed by atoms with E-state index in [2.05, 4.69) is 15.9 Å². The van der Waals surface area contributed by atoms with Crippen molar-refractivity contribution in [3.8, 4) is 17.6 Å². The zero-order valence-electron chi connectivity index (χ0n) is 9.93. The van der Waals surface area contributed by atoms with E-state index in [4.69, 9.17) is 26.7 Å². The second-order valence-electron chi connectivity index (χ2n) is 3.77. The quantitative estimate of drug-likeness (QED) is 0.885. The van der Waals surface area contributed by atoms with Crippen LogP contribution in [0.25, 0.3) is 0 Å². The van der Waals surface area contributed by atoms with Crippen molar-refractivity contribution >= 4 is 33.5 Å². The van der Waals surface area contributed by atoms with Crippen LogP contribution >= 0.6 is 27.5 Å². The third-order valence-corrected chi connectivity index (χ3v) is 3.29. The van der Waals surface area contributed by atoms with E-state index < -0.39 is 5.97 Å². The van der Waals surface area contributed by atoms with Gasteiger partial charge in [0.25, 0.3) is 0 Å². The Bertz CT molecular complexity index is 725. The van der Waals surface area contributed by atoms with E-state index in [9.17, 15) is 4.79 Å².